The zero-order chi connectivity index (χ0) is 16.2. The summed E-state index contributed by atoms with van der Waals surface area (Å²) in [6.07, 6.45) is 0.495. The van der Waals surface area contributed by atoms with Crippen molar-refractivity contribution in [2.24, 2.45) is 11.3 Å². The Morgan fingerprint density at radius 1 is 1.43 bits per heavy atom. The number of carboxylic acid groups (broad SMARTS) is 1. The van der Waals surface area contributed by atoms with Crippen molar-refractivity contribution in [3.05, 3.63) is 33.9 Å². The van der Waals surface area contributed by atoms with Crippen LogP contribution in [0, 0.1) is 28.4 Å². The van der Waals surface area contributed by atoms with Gasteiger partial charge in [-0.25, -0.2) is 0 Å². The van der Waals surface area contributed by atoms with Crippen molar-refractivity contribution in [2.75, 3.05) is 11.9 Å². The third-order valence-electron chi connectivity index (χ3n) is 3.10. The van der Waals surface area contributed by atoms with E-state index in [4.69, 9.17) is 0 Å². The number of benzene rings is 1. The van der Waals surface area contributed by atoms with Crippen LogP contribution in [-0.4, -0.2) is 22.5 Å². The quantitative estimate of drug-likeness (QED) is 0.619. The van der Waals surface area contributed by atoms with Gasteiger partial charge < -0.3 is 10.4 Å². The third kappa shape index (κ3) is 5.41. The van der Waals surface area contributed by atoms with Crippen LogP contribution in [0.25, 0.3) is 0 Å². The van der Waals surface area contributed by atoms with Crippen molar-refractivity contribution in [1.29, 1.82) is 0 Å². The van der Waals surface area contributed by atoms with Crippen LogP contribution in [0.2, 0.25) is 0 Å². The number of nitro benzene ring substituents is 1. The number of anilines is 1. The average molecular weight is 294 g/mol. The Hall–Kier alpha value is -2.11. The second-order valence-electron chi connectivity index (χ2n) is 6.46. The molecule has 0 aliphatic heterocycles. The van der Waals surface area contributed by atoms with Crippen LogP contribution in [0.1, 0.15) is 32.8 Å². The highest BCUT2D eigenvalue weighted by Crippen LogP contribution is 2.28. The van der Waals surface area contributed by atoms with Crippen molar-refractivity contribution in [3.63, 3.8) is 0 Å². The predicted octanol–water partition coefficient (Wildman–Crippen LogP) is 3.45. The summed E-state index contributed by atoms with van der Waals surface area (Å²) in [6.45, 7) is 7.91. The topological polar surface area (TPSA) is 92.5 Å². The highest BCUT2D eigenvalue weighted by molar-refractivity contribution is 5.71. The molecule has 6 nitrogen and oxygen atoms in total. The van der Waals surface area contributed by atoms with E-state index in [0.29, 0.717) is 12.1 Å². The molecular weight excluding hydrogens is 272 g/mol. The first-order chi connectivity index (χ1) is 9.60. The summed E-state index contributed by atoms with van der Waals surface area (Å²) in [6, 6.07) is 4.75. The van der Waals surface area contributed by atoms with E-state index in [1.165, 1.54) is 6.07 Å². The SMILES string of the molecule is Cc1ccc([N+](=O)[O-])c(NCC(CC(C)(C)C)C(=O)O)c1. The van der Waals surface area contributed by atoms with Crippen LogP contribution in [-0.2, 0) is 4.79 Å². The Kier molecular flexibility index (Phi) is 5.29. The largest absolute Gasteiger partial charge is 0.481 e. The van der Waals surface area contributed by atoms with E-state index < -0.39 is 16.8 Å². The lowest BCUT2D eigenvalue weighted by Crippen LogP contribution is -2.27. The molecule has 0 saturated heterocycles. The van der Waals surface area contributed by atoms with Crippen molar-refractivity contribution in [2.45, 2.75) is 34.1 Å². The highest BCUT2D eigenvalue weighted by Gasteiger charge is 2.25. The van der Waals surface area contributed by atoms with Crippen molar-refractivity contribution < 1.29 is 14.8 Å². The number of carboxylic acids is 1. The number of rotatable bonds is 6. The van der Waals surface area contributed by atoms with E-state index in [-0.39, 0.29) is 17.6 Å². The minimum absolute atomic E-state index is 0.0412. The number of nitrogens with zero attached hydrogens (tertiary/aromatic N) is 1. The van der Waals surface area contributed by atoms with E-state index in [0.717, 1.165) is 5.56 Å². The van der Waals surface area contributed by atoms with E-state index in [2.05, 4.69) is 5.32 Å². The third-order valence-corrected chi connectivity index (χ3v) is 3.10. The van der Waals surface area contributed by atoms with Crippen LogP contribution in [0.4, 0.5) is 11.4 Å². The lowest BCUT2D eigenvalue weighted by Gasteiger charge is -2.23. The fraction of sp³-hybridized carbons (Fsp3) is 0.533. The molecule has 0 spiro atoms. The van der Waals surface area contributed by atoms with Gasteiger partial charge >= 0.3 is 5.97 Å². The summed E-state index contributed by atoms with van der Waals surface area (Å²) in [5.74, 6) is -1.49. The molecule has 6 heteroatoms. The summed E-state index contributed by atoms with van der Waals surface area (Å²) < 4.78 is 0. The Labute approximate surface area is 124 Å². The summed E-state index contributed by atoms with van der Waals surface area (Å²) >= 11 is 0. The molecule has 0 aromatic heterocycles. The molecule has 0 fully saturated rings. The monoisotopic (exact) mass is 294 g/mol. The fourth-order valence-electron chi connectivity index (χ4n) is 2.17. The molecule has 1 aromatic carbocycles. The Morgan fingerprint density at radius 3 is 2.52 bits per heavy atom. The van der Waals surface area contributed by atoms with Gasteiger partial charge in [0.2, 0.25) is 0 Å². The van der Waals surface area contributed by atoms with Gasteiger partial charge in [-0.3, -0.25) is 14.9 Å². The van der Waals surface area contributed by atoms with Gasteiger partial charge in [-0.05, 0) is 30.4 Å². The van der Waals surface area contributed by atoms with E-state index in [9.17, 15) is 20.0 Å². The second kappa shape index (κ2) is 6.56. The van der Waals surface area contributed by atoms with Crippen LogP contribution >= 0.6 is 0 Å². The Bertz CT molecular complexity index is 535. The molecule has 1 aromatic rings. The standard InChI is InChI=1S/C15H22N2O4/c1-10-5-6-13(17(20)21)12(7-10)16-9-11(14(18)19)8-15(2,3)4/h5-7,11,16H,8-9H2,1-4H3,(H,18,19). The van der Waals surface area contributed by atoms with Gasteiger partial charge in [0.25, 0.3) is 5.69 Å². The van der Waals surface area contributed by atoms with Gasteiger partial charge in [-0.15, -0.1) is 0 Å². The first-order valence-electron chi connectivity index (χ1n) is 6.82. The molecule has 1 atom stereocenters. The lowest BCUT2D eigenvalue weighted by atomic mass is 9.84. The van der Waals surface area contributed by atoms with E-state index in [1.807, 2.05) is 27.7 Å². The molecule has 116 valence electrons. The molecule has 21 heavy (non-hydrogen) atoms. The molecule has 2 N–H and O–H groups in total. The zero-order valence-electron chi connectivity index (χ0n) is 12.8. The Morgan fingerprint density at radius 2 is 2.05 bits per heavy atom. The molecule has 1 rings (SSSR count). The minimum atomic E-state index is -0.896. The minimum Gasteiger partial charge on any atom is -0.481 e. The number of hydrogen-bond acceptors (Lipinski definition) is 4. The molecule has 0 heterocycles. The molecule has 1 unspecified atom stereocenters. The van der Waals surface area contributed by atoms with Crippen LogP contribution < -0.4 is 5.32 Å². The van der Waals surface area contributed by atoms with Crippen LogP contribution in [0.15, 0.2) is 18.2 Å². The molecule has 0 aliphatic carbocycles. The molecular formula is C15H22N2O4. The molecule has 0 bridgehead atoms. The van der Waals surface area contributed by atoms with Crippen LogP contribution in [0.5, 0.6) is 0 Å². The normalized spacial score (nSPS) is 12.8. The zero-order valence-corrected chi connectivity index (χ0v) is 12.8. The number of carbonyl (C=O) groups is 1. The van der Waals surface area contributed by atoms with E-state index >= 15 is 0 Å². The lowest BCUT2D eigenvalue weighted by molar-refractivity contribution is -0.384. The molecule has 0 radical (unpaired) electrons. The molecule has 0 amide bonds. The molecule has 0 aliphatic rings. The predicted molar refractivity (Wildman–Crippen MR) is 81.5 cm³/mol. The highest BCUT2D eigenvalue weighted by atomic mass is 16.6. The van der Waals surface area contributed by atoms with Crippen LogP contribution in [0.3, 0.4) is 0 Å². The number of aryl methyl sites for hydroxylation is 1. The van der Waals surface area contributed by atoms with Gasteiger partial charge in [-0.1, -0.05) is 26.8 Å². The Balaban J connectivity index is 2.87. The van der Waals surface area contributed by atoms with Gasteiger partial charge in [0.1, 0.15) is 5.69 Å². The van der Waals surface area contributed by atoms with Crippen molar-refractivity contribution >= 4 is 17.3 Å². The number of nitro groups is 1. The number of hydrogen-bond donors (Lipinski definition) is 2. The first-order valence-corrected chi connectivity index (χ1v) is 6.82. The van der Waals surface area contributed by atoms with E-state index in [1.54, 1.807) is 12.1 Å². The fourth-order valence-corrected chi connectivity index (χ4v) is 2.17. The summed E-state index contributed by atoms with van der Waals surface area (Å²) in [5, 5.41) is 23.2. The maximum absolute atomic E-state index is 11.3. The molecule has 0 saturated carbocycles. The van der Waals surface area contributed by atoms with Gasteiger partial charge in [-0.2, -0.15) is 0 Å². The van der Waals surface area contributed by atoms with Gasteiger partial charge in [0, 0.05) is 12.6 Å². The van der Waals surface area contributed by atoms with Crippen molar-refractivity contribution in [1.82, 2.24) is 0 Å². The van der Waals surface area contributed by atoms with Gasteiger partial charge in [0.05, 0.1) is 10.8 Å². The smallest absolute Gasteiger partial charge is 0.308 e. The number of aliphatic carboxylic acids is 1. The van der Waals surface area contributed by atoms with Crippen molar-refractivity contribution in [3.8, 4) is 0 Å². The number of nitrogens with one attached hydrogen (secondary N) is 1. The van der Waals surface area contributed by atoms with Gasteiger partial charge in [0.15, 0.2) is 0 Å². The maximum Gasteiger partial charge on any atom is 0.308 e. The average Bonchev–Trinajstić information content (AvgIpc) is 2.32. The maximum atomic E-state index is 11.3. The summed E-state index contributed by atoms with van der Waals surface area (Å²) in [7, 11) is 0. The summed E-state index contributed by atoms with van der Waals surface area (Å²) in [5.41, 5.74) is 1.08. The second-order valence-corrected chi connectivity index (χ2v) is 6.46. The summed E-state index contributed by atoms with van der Waals surface area (Å²) in [4.78, 5) is 21.8. The first kappa shape index (κ1) is 16.9.